The summed E-state index contributed by atoms with van der Waals surface area (Å²) in [6, 6.07) is 0. The first-order valence-electron chi connectivity index (χ1n) is 14.5. The Kier molecular flexibility index (Phi) is 9.54. The van der Waals surface area contributed by atoms with Crippen molar-refractivity contribution in [3.05, 3.63) is 22.8 Å². The van der Waals surface area contributed by atoms with Crippen LogP contribution in [0.2, 0.25) is 0 Å². The standard InChI is InChI=1S/C31H54O3/c1-7-22(8-2)27(24-17-25(32)20-26(33)18-24)19-23-12-10-16-31(6)28(13-14-29(23)31)21(3)11-9-15-30(4,5)34/h19,21-22,25-26,28-29,32-34H,7-18,20H2,1-6H3/b23-19+/t21-,25-,26-,28-,29+,31-/m1/s1. The van der Waals surface area contributed by atoms with Gasteiger partial charge in [0.15, 0.2) is 0 Å². The van der Waals surface area contributed by atoms with Gasteiger partial charge in [0.25, 0.3) is 0 Å². The fraction of sp³-hybridized carbons (Fsp3) is 0.871. The fourth-order valence-electron chi connectivity index (χ4n) is 8.05. The van der Waals surface area contributed by atoms with E-state index in [1.807, 2.05) is 13.8 Å². The van der Waals surface area contributed by atoms with E-state index >= 15 is 0 Å². The maximum atomic E-state index is 10.4. The van der Waals surface area contributed by atoms with Crippen LogP contribution in [0.15, 0.2) is 22.8 Å². The molecule has 3 heteroatoms. The van der Waals surface area contributed by atoms with Crippen molar-refractivity contribution in [2.75, 3.05) is 0 Å². The van der Waals surface area contributed by atoms with Crippen LogP contribution in [0.4, 0.5) is 0 Å². The summed E-state index contributed by atoms with van der Waals surface area (Å²) in [5.74, 6) is 2.67. The van der Waals surface area contributed by atoms with Crippen LogP contribution in [-0.2, 0) is 0 Å². The van der Waals surface area contributed by atoms with Crippen molar-refractivity contribution in [3.8, 4) is 0 Å². The van der Waals surface area contributed by atoms with Gasteiger partial charge in [-0.05, 0) is 119 Å². The highest BCUT2D eigenvalue weighted by atomic mass is 16.3. The van der Waals surface area contributed by atoms with Crippen molar-refractivity contribution in [3.63, 3.8) is 0 Å². The third-order valence-corrected chi connectivity index (χ3v) is 9.86. The molecule has 3 nitrogen and oxygen atoms in total. The van der Waals surface area contributed by atoms with E-state index in [0.29, 0.717) is 29.6 Å². The molecule has 0 radical (unpaired) electrons. The molecule has 0 aromatic rings. The van der Waals surface area contributed by atoms with E-state index in [0.717, 1.165) is 44.4 Å². The van der Waals surface area contributed by atoms with E-state index in [-0.39, 0.29) is 0 Å². The lowest BCUT2D eigenvalue weighted by atomic mass is 9.60. The lowest BCUT2D eigenvalue weighted by Gasteiger charge is -2.45. The highest BCUT2D eigenvalue weighted by molar-refractivity contribution is 5.35. The predicted molar refractivity (Wildman–Crippen MR) is 143 cm³/mol. The average Bonchev–Trinajstić information content (AvgIpc) is 3.10. The minimum atomic E-state index is -0.554. The maximum absolute atomic E-state index is 10.4. The summed E-state index contributed by atoms with van der Waals surface area (Å²) in [4.78, 5) is 0. The van der Waals surface area contributed by atoms with E-state index in [1.54, 1.807) is 5.57 Å². The normalized spacial score (nSPS) is 34.5. The van der Waals surface area contributed by atoms with E-state index in [1.165, 1.54) is 49.7 Å². The molecule has 0 bridgehead atoms. The molecular formula is C31H54O3. The second-order valence-electron chi connectivity index (χ2n) is 13.0. The molecule has 0 aromatic carbocycles. The van der Waals surface area contributed by atoms with Crippen molar-refractivity contribution < 1.29 is 15.3 Å². The number of rotatable bonds is 9. The summed E-state index contributed by atoms with van der Waals surface area (Å²) < 4.78 is 0. The summed E-state index contributed by atoms with van der Waals surface area (Å²) in [6.45, 7) is 13.5. The maximum Gasteiger partial charge on any atom is 0.0602 e. The van der Waals surface area contributed by atoms with Gasteiger partial charge in [0.1, 0.15) is 0 Å². The Balaban J connectivity index is 1.84. The molecule has 0 aromatic heterocycles. The Morgan fingerprint density at radius 3 is 2.35 bits per heavy atom. The van der Waals surface area contributed by atoms with E-state index in [2.05, 4.69) is 33.8 Å². The molecule has 0 heterocycles. The molecule has 6 atom stereocenters. The highest BCUT2D eigenvalue weighted by Crippen LogP contribution is 2.60. The quantitative estimate of drug-likeness (QED) is 0.327. The largest absolute Gasteiger partial charge is 0.393 e. The summed E-state index contributed by atoms with van der Waals surface area (Å²) in [7, 11) is 0. The molecule has 34 heavy (non-hydrogen) atoms. The topological polar surface area (TPSA) is 60.7 Å². The van der Waals surface area contributed by atoms with Gasteiger partial charge in [0.05, 0.1) is 17.8 Å². The number of fused-ring (bicyclic) bond motifs is 1. The zero-order valence-electron chi connectivity index (χ0n) is 23.1. The Morgan fingerprint density at radius 1 is 1.12 bits per heavy atom. The number of aliphatic hydroxyl groups is 3. The zero-order chi connectivity index (χ0) is 25.1. The van der Waals surface area contributed by atoms with Crippen molar-refractivity contribution in [2.24, 2.45) is 29.1 Å². The Bertz CT molecular complexity index is 713. The third kappa shape index (κ3) is 6.56. The molecule has 196 valence electrons. The molecule has 0 aliphatic heterocycles. The van der Waals surface area contributed by atoms with E-state index in [4.69, 9.17) is 0 Å². The first-order chi connectivity index (χ1) is 16.0. The third-order valence-electron chi connectivity index (χ3n) is 9.86. The molecule has 0 unspecified atom stereocenters. The highest BCUT2D eigenvalue weighted by Gasteiger charge is 2.50. The first-order valence-corrected chi connectivity index (χ1v) is 14.5. The summed E-state index contributed by atoms with van der Waals surface area (Å²) in [5, 5.41) is 31.0. The van der Waals surface area contributed by atoms with Crippen LogP contribution in [0.25, 0.3) is 0 Å². The van der Waals surface area contributed by atoms with Crippen LogP contribution in [0.3, 0.4) is 0 Å². The minimum absolute atomic E-state index is 0.382. The van der Waals surface area contributed by atoms with Gasteiger partial charge in [0.2, 0.25) is 0 Å². The Labute approximate surface area is 210 Å². The minimum Gasteiger partial charge on any atom is -0.393 e. The average molecular weight is 475 g/mol. The van der Waals surface area contributed by atoms with Crippen LogP contribution in [0.5, 0.6) is 0 Å². The zero-order valence-corrected chi connectivity index (χ0v) is 23.1. The van der Waals surface area contributed by atoms with Crippen LogP contribution in [-0.4, -0.2) is 33.1 Å². The SMILES string of the molecule is CCC(CC)C(/C=C1\CCC[C@]2(C)[C@@H]([C@H](C)CCCC(C)(C)O)CC[C@@H]12)=C1C[C@@H](O)C[C@H](O)C1. The molecule has 3 N–H and O–H groups in total. The molecular weight excluding hydrogens is 420 g/mol. The molecule has 3 rings (SSSR count). The van der Waals surface area contributed by atoms with Crippen LogP contribution < -0.4 is 0 Å². The molecule has 3 fully saturated rings. The van der Waals surface area contributed by atoms with Gasteiger partial charge in [-0.2, -0.15) is 0 Å². The number of hydrogen-bond acceptors (Lipinski definition) is 3. The molecule has 3 saturated carbocycles. The number of allylic oxidation sites excluding steroid dienone is 3. The lowest BCUT2D eigenvalue weighted by Crippen LogP contribution is -2.36. The molecule has 3 aliphatic rings. The summed E-state index contributed by atoms with van der Waals surface area (Å²) in [5.41, 5.74) is 4.25. The van der Waals surface area contributed by atoms with Gasteiger partial charge >= 0.3 is 0 Å². The Hall–Kier alpha value is -0.640. The second kappa shape index (κ2) is 11.6. The number of hydrogen-bond donors (Lipinski definition) is 3. The number of aliphatic hydroxyl groups excluding tert-OH is 2. The van der Waals surface area contributed by atoms with Crippen molar-refractivity contribution in [2.45, 2.75) is 143 Å². The van der Waals surface area contributed by atoms with E-state index < -0.39 is 17.8 Å². The second-order valence-corrected chi connectivity index (χ2v) is 13.0. The summed E-state index contributed by atoms with van der Waals surface area (Å²) in [6.07, 6.45) is 15.7. The predicted octanol–water partition coefficient (Wildman–Crippen LogP) is 7.35. The smallest absolute Gasteiger partial charge is 0.0602 e. The molecule has 0 amide bonds. The van der Waals surface area contributed by atoms with Gasteiger partial charge in [-0.3, -0.25) is 0 Å². The lowest BCUT2D eigenvalue weighted by molar-refractivity contribution is 0.0587. The monoisotopic (exact) mass is 474 g/mol. The van der Waals surface area contributed by atoms with Gasteiger partial charge < -0.3 is 15.3 Å². The molecule has 0 spiro atoms. The van der Waals surface area contributed by atoms with E-state index in [9.17, 15) is 15.3 Å². The fourth-order valence-corrected chi connectivity index (χ4v) is 8.05. The van der Waals surface area contributed by atoms with Crippen molar-refractivity contribution in [1.82, 2.24) is 0 Å². The molecule has 3 aliphatic carbocycles. The van der Waals surface area contributed by atoms with Gasteiger partial charge in [0, 0.05) is 0 Å². The summed E-state index contributed by atoms with van der Waals surface area (Å²) >= 11 is 0. The molecule has 0 saturated heterocycles. The van der Waals surface area contributed by atoms with Gasteiger partial charge in [-0.1, -0.05) is 57.8 Å². The van der Waals surface area contributed by atoms with Crippen LogP contribution in [0, 0.1) is 29.1 Å². The van der Waals surface area contributed by atoms with Gasteiger partial charge in [-0.25, -0.2) is 0 Å². The van der Waals surface area contributed by atoms with Crippen LogP contribution in [0.1, 0.15) is 125 Å². The van der Waals surface area contributed by atoms with Crippen molar-refractivity contribution >= 4 is 0 Å². The van der Waals surface area contributed by atoms with Crippen LogP contribution >= 0.6 is 0 Å². The van der Waals surface area contributed by atoms with Crippen molar-refractivity contribution in [1.29, 1.82) is 0 Å². The first kappa shape index (κ1) is 27.9. The Morgan fingerprint density at radius 2 is 1.76 bits per heavy atom. The van der Waals surface area contributed by atoms with Gasteiger partial charge in [-0.15, -0.1) is 0 Å².